The van der Waals surface area contributed by atoms with Gasteiger partial charge in [-0.15, -0.1) is 0 Å². The van der Waals surface area contributed by atoms with Crippen LogP contribution in [0.5, 0.6) is 0 Å². The lowest BCUT2D eigenvalue weighted by Crippen LogP contribution is -2.41. The van der Waals surface area contributed by atoms with Crippen molar-refractivity contribution >= 4 is 15.9 Å². The molecule has 1 N–H and O–H groups in total. The number of sulfonamides is 1. The summed E-state index contributed by atoms with van der Waals surface area (Å²) in [6, 6.07) is 7.41. The van der Waals surface area contributed by atoms with Crippen LogP contribution in [0.1, 0.15) is 30.4 Å². The largest absolute Gasteiger partial charge is 0.379 e. The average Bonchev–Trinajstić information content (AvgIpc) is 2.53. The predicted molar refractivity (Wildman–Crippen MR) is 90.6 cm³/mol. The molecule has 24 heavy (non-hydrogen) atoms. The minimum absolute atomic E-state index is 0.0392. The number of hydrogen-bond acceptors (Lipinski definition) is 4. The summed E-state index contributed by atoms with van der Waals surface area (Å²) in [7, 11) is -3.37. The highest BCUT2D eigenvalue weighted by Gasteiger charge is 2.27. The molecule has 1 saturated heterocycles. The quantitative estimate of drug-likeness (QED) is 0.836. The molecule has 1 heterocycles. The van der Waals surface area contributed by atoms with E-state index in [9.17, 15) is 13.2 Å². The zero-order valence-electron chi connectivity index (χ0n) is 13.7. The number of carbonyl (C=O) groups is 1. The maximum Gasteiger partial charge on any atom is 0.223 e. The number of rotatable bonds is 6. The van der Waals surface area contributed by atoms with Crippen LogP contribution in [0, 0.1) is 5.92 Å². The van der Waals surface area contributed by atoms with Crippen LogP contribution in [0.25, 0.3) is 0 Å². The number of morpholine rings is 1. The summed E-state index contributed by atoms with van der Waals surface area (Å²) in [6.45, 7) is 2.08. The van der Waals surface area contributed by atoms with Gasteiger partial charge in [-0.1, -0.05) is 30.7 Å². The second-order valence-corrected chi connectivity index (χ2v) is 8.35. The van der Waals surface area contributed by atoms with Gasteiger partial charge in [0.15, 0.2) is 0 Å². The van der Waals surface area contributed by atoms with Gasteiger partial charge in [0.25, 0.3) is 0 Å². The first-order chi connectivity index (χ1) is 11.6. The molecule has 1 saturated carbocycles. The first kappa shape index (κ1) is 17.4. The monoisotopic (exact) mass is 352 g/mol. The molecule has 0 bridgehead atoms. The van der Waals surface area contributed by atoms with E-state index < -0.39 is 10.0 Å². The van der Waals surface area contributed by atoms with E-state index in [4.69, 9.17) is 4.74 Å². The number of ether oxygens (including phenoxy) is 1. The van der Waals surface area contributed by atoms with E-state index in [2.05, 4.69) is 5.32 Å². The van der Waals surface area contributed by atoms with E-state index in [0.717, 1.165) is 30.4 Å². The summed E-state index contributed by atoms with van der Waals surface area (Å²) < 4.78 is 31.9. The van der Waals surface area contributed by atoms with Crippen LogP contribution in [0.3, 0.4) is 0 Å². The van der Waals surface area contributed by atoms with Gasteiger partial charge >= 0.3 is 0 Å². The summed E-state index contributed by atoms with van der Waals surface area (Å²) in [6.07, 6.45) is 3.03. The zero-order valence-corrected chi connectivity index (χ0v) is 14.6. The number of amides is 1. The molecule has 0 atom stereocenters. The molecule has 0 spiro atoms. The van der Waals surface area contributed by atoms with E-state index in [1.54, 1.807) is 0 Å². The Hall–Kier alpha value is -1.44. The topological polar surface area (TPSA) is 75.7 Å². The molecule has 1 aliphatic heterocycles. The highest BCUT2D eigenvalue weighted by atomic mass is 32.2. The molecular weight excluding hydrogens is 328 g/mol. The van der Waals surface area contributed by atoms with Crippen LogP contribution in [-0.4, -0.2) is 44.9 Å². The maximum absolute atomic E-state index is 12.6. The van der Waals surface area contributed by atoms with Crippen molar-refractivity contribution in [3.8, 4) is 0 Å². The Morgan fingerprint density at radius 3 is 2.46 bits per heavy atom. The molecule has 0 unspecified atom stereocenters. The lowest BCUT2D eigenvalue weighted by molar-refractivity contribution is -0.127. The SMILES string of the molecule is O=C(NCc1ccccc1CS(=O)(=O)N1CCOCC1)C1CCC1. The molecule has 2 fully saturated rings. The number of nitrogens with one attached hydrogen (secondary N) is 1. The van der Waals surface area contributed by atoms with E-state index in [0.29, 0.717) is 32.8 Å². The standard InChI is InChI=1S/C17H24N2O4S/c20-17(14-6-3-7-14)18-12-15-4-1-2-5-16(15)13-24(21,22)19-8-10-23-11-9-19/h1-2,4-5,14H,3,6-13H2,(H,18,20). The van der Waals surface area contributed by atoms with Gasteiger partial charge in [0.1, 0.15) is 0 Å². The number of benzene rings is 1. The fourth-order valence-corrected chi connectivity index (χ4v) is 4.54. The summed E-state index contributed by atoms with van der Waals surface area (Å²) in [5, 5.41) is 2.94. The molecule has 7 heteroatoms. The van der Waals surface area contributed by atoms with Gasteiger partial charge in [-0.05, 0) is 24.0 Å². The molecule has 1 amide bonds. The van der Waals surface area contributed by atoms with Crippen LogP contribution in [0.15, 0.2) is 24.3 Å². The number of nitrogens with zero attached hydrogens (tertiary/aromatic N) is 1. The van der Waals surface area contributed by atoms with Crippen LogP contribution in [-0.2, 0) is 31.9 Å². The van der Waals surface area contributed by atoms with Crippen molar-refractivity contribution in [1.29, 1.82) is 0 Å². The summed E-state index contributed by atoms with van der Waals surface area (Å²) in [5.74, 6) is 0.170. The van der Waals surface area contributed by atoms with Crippen molar-refractivity contribution in [2.24, 2.45) is 5.92 Å². The van der Waals surface area contributed by atoms with E-state index in [1.165, 1.54) is 4.31 Å². The Kier molecular flexibility index (Phi) is 5.53. The summed E-state index contributed by atoms with van der Waals surface area (Å²) >= 11 is 0. The van der Waals surface area contributed by atoms with Crippen molar-refractivity contribution in [2.75, 3.05) is 26.3 Å². The Morgan fingerprint density at radius 2 is 1.83 bits per heavy atom. The summed E-state index contributed by atoms with van der Waals surface area (Å²) in [4.78, 5) is 12.0. The van der Waals surface area contributed by atoms with Gasteiger partial charge in [0.05, 0.1) is 19.0 Å². The van der Waals surface area contributed by atoms with Crippen LogP contribution in [0.4, 0.5) is 0 Å². The molecule has 3 rings (SSSR count). The predicted octanol–water partition coefficient (Wildman–Crippen LogP) is 1.26. The third kappa shape index (κ3) is 4.15. The van der Waals surface area contributed by atoms with Gasteiger partial charge in [0, 0.05) is 25.6 Å². The third-order valence-corrected chi connectivity index (χ3v) is 6.58. The molecule has 132 valence electrons. The van der Waals surface area contributed by atoms with E-state index in [-0.39, 0.29) is 17.6 Å². The van der Waals surface area contributed by atoms with Crippen molar-refractivity contribution in [2.45, 2.75) is 31.6 Å². The van der Waals surface area contributed by atoms with Gasteiger partial charge in [-0.25, -0.2) is 8.42 Å². The molecule has 0 aromatic heterocycles. The number of hydrogen-bond donors (Lipinski definition) is 1. The molecule has 6 nitrogen and oxygen atoms in total. The van der Waals surface area contributed by atoms with Gasteiger partial charge < -0.3 is 10.1 Å². The Bertz CT molecular complexity index is 680. The molecule has 0 radical (unpaired) electrons. The van der Waals surface area contributed by atoms with Gasteiger partial charge in [-0.2, -0.15) is 4.31 Å². The molecule has 1 aromatic rings. The van der Waals surface area contributed by atoms with Crippen molar-refractivity contribution < 1.29 is 17.9 Å². The maximum atomic E-state index is 12.6. The third-order valence-electron chi connectivity index (χ3n) is 4.75. The minimum atomic E-state index is -3.37. The smallest absolute Gasteiger partial charge is 0.223 e. The van der Waals surface area contributed by atoms with Crippen molar-refractivity contribution in [1.82, 2.24) is 9.62 Å². The minimum Gasteiger partial charge on any atom is -0.379 e. The highest BCUT2D eigenvalue weighted by Crippen LogP contribution is 2.26. The lowest BCUT2D eigenvalue weighted by Gasteiger charge is -2.26. The highest BCUT2D eigenvalue weighted by molar-refractivity contribution is 7.88. The average molecular weight is 352 g/mol. The van der Waals surface area contributed by atoms with Crippen LogP contribution >= 0.6 is 0 Å². The second kappa shape index (κ2) is 7.63. The van der Waals surface area contributed by atoms with Crippen LogP contribution < -0.4 is 5.32 Å². The fourth-order valence-electron chi connectivity index (χ4n) is 2.98. The first-order valence-electron chi connectivity index (χ1n) is 8.46. The first-order valence-corrected chi connectivity index (χ1v) is 10.1. The second-order valence-electron chi connectivity index (χ2n) is 6.38. The van der Waals surface area contributed by atoms with Crippen molar-refractivity contribution in [3.63, 3.8) is 0 Å². The Labute approximate surface area is 143 Å². The van der Waals surface area contributed by atoms with Gasteiger partial charge in [-0.3, -0.25) is 4.79 Å². The zero-order chi connectivity index (χ0) is 17.0. The summed E-state index contributed by atoms with van der Waals surface area (Å²) in [5.41, 5.74) is 1.61. The molecular formula is C17H24N2O4S. The number of carbonyl (C=O) groups excluding carboxylic acids is 1. The molecule has 1 aromatic carbocycles. The Balaban J connectivity index is 1.65. The van der Waals surface area contributed by atoms with Crippen molar-refractivity contribution in [3.05, 3.63) is 35.4 Å². The lowest BCUT2D eigenvalue weighted by atomic mass is 9.85. The Morgan fingerprint density at radius 1 is 1.17 bits per heavy atom. The van der Waals surface area contributed by atoms with Gasteiger partial charge in [0.2, 0.25) is 15.9 Å². The molecule has 1 aliphatic carbocycles. The van der Waals surface area contributed by atoms with Crippen LogP contribution in [0.2, 0.25) is 0 Å². The molecule has 2 aliphatic rings. The normalized spacial score (nSPS) is 19.7. The fraction of sp³-hybridized carbons (Fsp3) is 0.588. The van der Waals surface area contributed by atoms with E-state index in [1.807, 2.05) is 24.3 Å². The van der Waals surface area contributed by atoms with E-state index >= 15 is 0 Å².